The SMILES string of the molecule is COc1cc([C@](O)(CCN2CCOCC2)c2ccc3c(c2)OCO3)cc(OC)c1OC. The molecule has 8 heteroatoms. The molecule has 2 aromatic carbocycles. The highest BCUT2D eigenvalue weighted by molar-refractivity contribution is 5.57. The number of hydrogen-bond donors (Lipinski definition) is 1. The third-order valence-electron chi connectivity index (χ3n) is 5.89. The lowest BCUT2D eigenvalue weighted by Gasteiger charge is -2.34. The van der Waals surface area contributed by atoms with E-state index in [9.17, 15) is 5.11 Å². The predicted molar refractivity (Wildman–Crippen MR) is 114 cm³/mol. The fourth-order valence-corrected chi connectivity index (χ4v) is 4.07. The molecule has 0 aromatic heterocycles. The summed E-state index contributed by atoms with van der Waals surface area (Å²) >= 11 is 0. The Balaban J connectivity index is 1.76. The first-order valence-corrected chi connectivity index (χ1v) is 10.3. The molecule has 2 aromatic rings. The van der Waals surface area contributed by atoms with E-state index in [4.69, 9.17) is 28.4 Å². The van der Waals surface area contributed by atoms with Crippen molar-refractivity contribution in [3.05, 3.63) is 41.5 Å². The molecular weight excluding hydrogens is 402 g/mol. The number of nitrogens with zero attached hydrogens (tertiary/aromatic N) is 1. The Bertz CT molecular complexity index is 888. The van der Waals surface area contributed by atoms with Gasteiger partial charge < -0.3 is 33.5 Å². The van der Waals surface area contributed by atoms with Crippen LogP contribution in [0, 0.1) is 0 Å². The minimum absolute atomic E-state index is 0.176. The highest BCUT2D eigenvalue weighted by Gasteiger charge is 2.35. The summed E-state index contributed by atoms with van der Waals surface area (Å²) in [6.07, 6.45) is 0.464. The van der Waals surface area contributed by atoms with E-state index in [0.29, 0.717) is 66.1 Å². The minimum Gasteiger partial charge on any atom is -0.493 e. The van der Waals surface area contributed by atoms with E-state index in [1.165, 1.54) is 0 Å². The number of ether oxygens (including phenoxy) is 6. The van der Waals surface area contributed by atoms with Gasteiger partial charge in [-0.25, -0.2) is 0 Å². The normalized spacial score (nSPS) is 17.8. The van der Waals surface area contributed by atoms with E-state index in [-0.39, 0.29) is 6.79 Å². The summed E-state index contributed by atoms with van der Waals surface area (Å²) in [6.45, 7) is 3.96. The average Bonchev–Trinajstić information content (AvgIpc) is 3.30. The summed E-state index contributed by atoms with van der Waals surface area (Å²) in [5.41, 5.74) is 0.0416. The Labute approximate surface area is 182 Å². The van der Waals surface area contributed by atoms with E-state index in [0.717, 1.165) is 13.1 Å². The number of hydrogen-bond acceptors (Lipinski definition) is 8. The molecule has 8 nitrogen and oxygen atoms in total. The van der Waals surface area contributed by atoms with Crippen LogP contribution in [0.15, 0.2) is 30.3 Å². The molecular formula is C23H29NO7. The molecule has 0 radical (unpaired) electrons. The quantitative estimate of drug-likeness (QED) is 0.683. The summed E-state index contributed by atoms with van der Waals surface area (Å²) in [6, 6.07) is 9.13. The topological polar surface area (TPSA) is 78.9 Å². The number of rotatable bonds is 8. The molecule has 1 atom stereocenters. The Morgan fingerprint density at radius 2 is 1.58 bits per heavy atom. The molecule has 2 aliphatic rings. The van der Waals surface area contributed by atoms with Crippen molar-refractivity contribution in [3.63, 3.8) is 0 Å². The van der Waals surface area contributed by atoms with Crippen molar-refractivity contribution in [2.24, 2.45) is 0 Å². The highest BCUT2D eigenvalue weighted by Crippen LogP contribution is 2.45. The first-order valence-electron chi connectivity index (χ1n) is 10.3. The van der Waals surface area contributed by atoms with Crippen molar-refractivity contribution in [1.82, 2.24) is 4.90 Å². The summed E-state index contributed by atoms with van der Waals surface area (Å²) in [7, 11) is 4.69. The van der Waals surface area contributed by atoms with Gasteiger partial charge in [0.15, 0.2) is 23.0 Å². The number of benzene rings is 2. The molecule has 1 saturated heterocycles. The molecule has 0 unspecified atom stereocenters. The van der Waals surface area contributed by atoms with Gasteiger partial charge in [0.2, 0.25) is 12.5 Å². The summed E-state index contributed by atoms with van der Waals surface area (Å²) in [5.74, 6) is 2.75. The Morgan fingerprint density at radius 3 is 2.23 bits per heavy atom. The van der Waals surface area contributed by atoms with Crippen molar-refractivity contribution >= 4 is 0 Å². The molecule has 1 N–H and O–H groups in total. The van der Waals surface area contributed by atoms with Gasteiger partial charge in [-0.2, -0.15) is 0 Å². The van der Waals surface area contributed by atoms with Crippen molar-refractivity contribution in [1.29, 1.82) is 0 Å². The molecule has 31 heavy (non-hydrogen) atoms. The van der Waals surface area contributed by atoms with Crippen LogP contribution < -0.4 is 23.7 Å². The van der Waals surface area contributed by atoms with Gasteiger partial charge in [-0.05, 0) is 41.8 Å². The van der Waals surface area contributed by atoms with Crippen molar-refractivity contribution in [3.8, 4) is 28.7 Å². The zero-order chi connectivity index (χ0) is 21.8. The van der Waals surface area contributed by atoms with Gasteiger partial charge >= 0.3 is 0 Å². The van der Waals surface area contributed by atoms with Crippen LogP contribution in [-0.4, -0.2) is 71.0 Å². The van der Waals surface area contributed by atoms with Crippen molar-refractivity contribution in [2.45, 2.75) is 12.0 Å². The second-order valence-corrected chi connectivity index (χ2v) is 7.55. The van der Waals surface area contributed by atoms with Gasteiger partial charge in [0.25, 0.3) is 0 Å². The minimum atomic E-state index is -1.31. The monoisotopic (exact) mass is 431 g/mol. The molecule has 4 rings (SSSR count). The third kappa shape index (κ3) is 4.23. The second-order valence-electron chi connectivity index (χ2n) is 7.55. The number of aliphatic hydroxyl groups is 1. The third-order valence-corrected chi connectivity index (χ3v) is 5.89. The molecule has 0 spiro atoms. The van der Waals surface area contributed by atoms with Gasteiger partial charge in [0, 0.05) is 19.6 Å². The maximum Gasteiger partial charge on any atom is 0.231 e. The fraction of sp³-hybridized carbons (Fsp3) is 0.478. The Hall–Kier alpha value is -2.68. The zero-order valence-corrected chi connectivity index (χ0v) is 18.2. The molecule has 0 aliphatic carbocycles. The van der Waals surface area contributed by atoms with Gasteiger partial charge in [-0.1, -0.05) is 6.07 Å². The lowest BCUT2D eigenvalue weighted by atomic mass is 9.82. The van der Waals surface area contributed by atoms with Crippen LogP contribution >= 0.6 is 0 Å². The van der Waals surface area contributed by atoms with Gasteiger partial charge in [-0.15, -0.1) is 0 Å². The molecule has 168 valence electrons. The van der Waals surface area contributed by atoms with E-state index in [1.807, 2.05) is 18.2 Å². The summed E-state index contributed by atoms with van der Waals surface area (Å²) in [5, 5.41) is 12.1. The van der Waals surface area contributed by atoms with Crippen LogP contribution in [0.3, 0.4) is 0 Å². The van der Waals surface area contributed by atoms with Crippen molar-refractivity contribution in [2.75, 3.05) is 61.0 Å². The standard InChI is InChI=1S/C23H29NO7/c1-26-20-13-17(14-21(27-2)22(20)28-3)23(25,6-7-24-8-10-29-11-9-24)16-4-5-18-19(12-16)31-15-30-18/h4-5,12-14,25H,6-11,15H2,1-3H3/t23-/m0/s1. The van der Waals surface area contributed by atoms with Crippen LogP contribution in [0.2, 0.25) is 0 Å². The van der Waals surface area contributed by atoms with Crippen LogP contribution in [-0.2, 0) is 10.3 Å². The van der Waals surface area contributed by atoms with Crippen LogP contribution in [0.5, 0.6) is 28.7 Å². The van der Waals surface area contributed by atoms with Gasteiger partial charge in [0.05, 0.1) is 34.5 Å². The largest absolute Gasteiger partial charge is 0.493 e. The molecule has 0 saturated carbocycles. The van der Waals surface area contributed by atoms with Crippen LogP contribution in [0.25, 0.3) is 0 Å². The molecule has 2 aliphatic heterocycles. The van der Waals surface area contributed by atoms with Gasteiger partial charge in [0.1, 0.15) is 5.60 Å². The first kappa shape index (κ1) is 21.5. The smallest absolute Gasteiger partial charge is 0.231 e. The summed E-state index contributed by atoms with van der Waals surface area (Å²) in [4.78, 5) is 2.29. The van der Waals surface area contributed by atoms with E-state index in [1.54, 1.807) is 33.5 Å². The second kappa shape index (κ2) is 9.21. The fourth-order valence-electron chi connectivity index (χ4n) is 4.07. The van der Waals surface area contributed by atoms with E-state index in [2.05, 4.69) is 4.90 Å². The lowest BCUT2D eigenvalue weighted by molar-refractivity contribution is 0.0141. The molecule has 2 heterocycles. The maximum atomic E-state index is 12.1. The van der Waals surface area contributed by atoms with Gasteiger partial charge in [-0.3, -0.25) is 4.90 Å². The number of methoxy groups -OCH3 is 3. The van der Waals surface area contributed by atoms with Crippen LogP contribution in [0.4, 0.5) is 0 Å². The lowest BCUT2D eigenvalue weighted by Crippen LogP contribution is -2.40. The van der Waals surface area contributed by atoms with Crippen LogP contribution in [0.1, 0.15) is 17.5 Å². The molecule has 1 fully saturated rings. The Morgan fingerprint density at radius 1 is 0.903 bits per heavy atom. The summed E-state index contributed by atoms with van der Waals surface area (Å²) < 4.78 is 33.0. The molecule has 0 amide bonds. The predicted octanol–water partition coefficient (Wildman–Crippen LogP) is 2.40. The van der Waals surface area contributed by atoms with E-state index < -0.39 is 5.60 Å². The molecule has 0 bridgehead atoms. The maximum absolute atomic E-state index is 12.1. The Kier molecular flexibility index (Phi) is 6.41. The first-order chi connectivity index (χ1) is 15.1. The van der Waals surface area contributed by atoms with E-state index >= 15 is 0 Å². The number of morpholine rings is 1. The highest BCUT2D eigenvalue weighted by atomic mass is 16.7. The van der Waals surface area contributed by atoms with Crippen molar-refractivity contribution < 1.29 is 33.5 Å². The number of fused-ring (bicyclic) bond motifs is 1. The zero-order valence-electron chi connectivity index (χ0n) is 18.2. The average molecular weight is 431 g/mol.